The molecule has 0 amide bonds. The van der Waals surface area contributed by atoms with Crippen molar-refractivity contribution in [3.05, 3.63) is 99.6 Å². The van der Waals surface area contributed by atoms with Gasteiger partial charge < -0.3 is 5.32 Å². The van der Waals surface area contributed by atoms with Crippen LogP contribution in [0.1, 0.15) is 85.3 Å². The molecule has 0 saturated carbocycles. The second-order valence-corrected chi connectivity index (χ2v) is 10.9. The Balaban J connectivity index is 1.86. The molecule has 0 fully saturated rings. The van der Waals surface area contributed by atoms with Crippen LogP contribution in [0.5, 0.6) is 0 Å². The Hall–Kier alpha value is -2.87. The van der Waals surface area contributed by atoms with E-state index in [-0.39, 0.29) is 16.6 Å². The van der Waals surface area contributed by atoms with Crippen LogP contribution in [0, 0.1) is 13.8 Å². The summed E-state index contributed by atoms with van der Waals surface area (Å²) in [4.78, 5) is 13.4. The van der Waals surface area contributed by atoms with Gasteiger partial charge in [0.25, 0.3) is 0 Å². The number of nitrogens with one attached hydrogen (secondary N) is 1. The highest BCUT2D eigenvalue weighted by molar-refractivity contribution is 6.09. The molecule has 2 heteroatoms. The smallest absolute Gasteiger partial charge is 0.193 e. The third-order valence-corrected chi connectivity index (χ3v) is 6.05. The topological polar surface area (TPSA) is 29.1 Å². The van der Waals surface area contributed by atoms with E-state index in [9.17, 15) is 4.79 Å². The third-order valence-electron chi connectivity index (χ3n) is 6.05. The van der Waals surface area contributed by atoms with Crippen molar-refractivity contribution in [2.75, 3.05) is 5.32 Å². The average Bonchev–Trinajstić information content (AvgIpc) is 2.72. The molecule has 168 valence electrons. The number of hydrogen-bond donors (Lipinski definition) is 1. The summed E-state index contributed by atoms with van der Waals surface area (Å²) in [6.07, 6.45) is 0. The number of carbonyl (C=O) groups excluding carboxylic acids is 1. The highest BCUT2D eigenvalue weighted by Crippen LogP contribution is 2.35. The van der Waals surface area contributed by atoms with Crippen LogP contribution >= 0.6 is 0 Å². The molecule has 0 aliphatic rings. The highest BCUT2D eigenvalue weighted by atomic mass is 16.1. The Morgan fingerprint density at radius 3 is 1.69 bits per heavy atom. The number of anilines is 1. The molecule has 3 aromatic carbocycles. The molecule has 2 nitrogen and oxygen atoms in total. The Kier molecular flexibility index (Phi) is 6.64. The quantitative estimate of drug-likeness (QED) is 0.422. The summed E-state index contributed by atoms with van der Waals surface area (Å²) in [7, 11) is 0. The van der Waals surface area contributed by atoms with Crippen molar-refractivity contribution in [1.82, 2.24) is 0 Å². The number of aryl methyl sites for hydroxylation is 1. The summed E-state index contributed by atoms with van der Waals surface area (Å²) < 4.78 is 0. The summed E-state index contributed by atoms with van der Waals surface area (Å²) in [6.45, 7) is 18.3. The first-order chi connectivity index (χ1) is 14.9. The van der Waals surface area contributed by atoms with Gasteiger partial charge in [-0.25, -0.2) is 0 Å². The fourth-order valence-electron chi connectivity index (χ4n) is 4.22. The van der Waals surface area contributed by atoms with Crippen LogP contribution < -0.4 is 5.32 Å². The second-order valence-electron chi connectivity index (χ2n) is 10.9. The summed E-state index contributed by atoms with van der Waals surface area (Å²) in [6, 6.07) is 20.5. The second kappa shape index (κ2) is 8.94. The molecule has 0 saturated heterocycles. The van der Waals surface area contributed by atoms with E-state index in [0.29, 0.717) is 0 Å². The Morgan fingerprint density at radius 1 is 0.719 bits per heavy atom. The van der Waals surface area contributed by atoms with E-state index in [0.717, 1.165) is 23.4 Å². The highest BCUT2D eigenvalue weighted by Gasteiger charge is 2.26. The molecule has 32 heavy (non-hydrogen) atoms. The van der Waals surface area contributed by atoms with Crippen molar-refractivity contribution < 1.29 is 4.79 Å². The normalized spacial score (nSPS) is 12.0. The summed E-state index contributed by atoms with van der Waals surface area (Å²) >= 11 is 0. The van der Waals surface area contributed by atoms with E-state index in [1.807, 2.05) is 24.3 Å². The summed E-state index contributed by atoms with van der Waals surface area (Å²) in [5.41, 5.74) is 8.72. The van der Waals surface area contributed by atoms with Crippen molar-refractivity contribution >= 4 is 11.5 Å². The van der Waals surface area contributed by atoms with E-state index < -0.39 is 0 Å². The van der Waals surface area contributed by atoms with Gasteiger partial charge in [-0.3, -0.25) is 4.79 Å². The Morgan fingerprint density at radius 2 is 1.22 bits per heavy atom. The van der Waals surface area contributed by atoms with Gasteiger partial charge in [0.2, 0.25) is 0 Å². The van der Waals surface area contributed by atoms with Gasteiger partial charge in [-0.1, -0.05) is 71.4 Å². The minimum absolute atomic E-state index is 0.0237. The minimum atomic E-state index is -0.0237. The van der Waals surface area contributed by atoms with Crippen molar-refractivity contribution in [1.29, 1.82) is 0 Å². The molecule has 0 heterocycles. The Labute approximate surface area is 194 Å². The maximum atomic E-state index is 13.4. The number of carbonyl (C=O) groups is 1. The van der Waals surface area contributed by atoms with Gasteiger partial charge in [-0.05, 0) is 83.3 Å². The van der Waals surface area contributed by atoms with Crippen LogP contribution in [0.3, 0.4) is 0 Å². The van der Waals surface area contributed by atoms with Gasteiger partial charge in [0, 0.05) is 23.4 Å². The summed E-state index contributed by atoms with van der Waals surface area (Å²) in [5.74, 6) is 0.0751. The first kappa shape index (κ1) is 23.8. The molecule has 0 aromatic heterocycles. The number of rotatable bonds is 5. The molecule has 0 radical (unpaired) electrons. The van der Waals surface area contributed by atoms with Gasteiger partial charge >= 0.3 is 0 Å². The van der Waals surface area contributed by atoms with Gasteiger partial charge in [0.05, 0.1) is 0 Å². The average molecular weight is 428 g/mol. The van der Waals surface area contributed by atoms with Crippen LogP contribution in [0.15, 0.2) is 60.7 Å². The molecule has 0 bridgehead atoms. The molecular formula is C30H37NO. The molecular weight excluding hydrogens is 390 g/mol. The number of ketones is 1. The monoisotopic (exact) mass is 427 g/mol. The third kappa shape index (κ3) is 5.48. The van der Waals surface area contributed by atoms with E-state index in [4.69, 9.17) is 0 Å². The van der Waals surface area contributed by atoms with Crippen LogP contribution in [-0.2, 0) is 17.4 Å². The maximum Gasteiger partial charge on any atom is 0.193 e. The zero-order chi connectivity index (χ0) is 23.7. The molecule has 0 aliphatic heterocycles. The van der Waals surface area contributed by atoms with Crippen LogP contribution in [0.4, 0.5) is 5.69 Å². The lowest BCUT2D eigenvalue weighted by Gasteiger charge is -2.29. The lowest BCUT2D eigenvalue weighted by Crippen LogP contribution is -2.21. The van der Waals surface area contributed by atoms with E-state index in [2.05, 4.69) is 97.1 Å². The standard InChI is InChI=1S/C30H37NO/c1-20-9-11-22(12-10-20)19-31-25-15-13-23(14-16-25)28(32)24-17-26(29(3,4)5)21(2)27(18-24)30(6,7)8/h9-18,31H,19H2,1-8H3. The fraction of sp³-hybridized carbons (Fsp3) is 0.367. The van der Waals surface area contributed by atoms with Gasteiger partial charge in [0.1, 0.15) is 0 Å². The molecule has 3 rings (SSSR count). The molecule has 3 aromatic rings. The number of hydrogen-bond acceptors (Lipinski definition) is 2. The SMILES string of the molecule is Cc1ccc(CNc2ccc(C(=O)c3cc(C(C)(C)C)c(C)c(C(C)(C)C)c3)cc2)cc1. The van der Waals surface area contributed by atoms with Gasteiger partial charge in [-0.15, -0.1) is 0 Å². The van der Waals surface area contributed by atoms with E-state index in [1.165, 1.54) is 27.8 Å². The van der Waals surface area contributed by atoms with E-state index in [1.54, 1.807) is 0 Å². The fourth-order valence-corrected chi connectivity index (χ4v) is 4.22. The van der Waals surface area contributed by atoms with Crippen molar-refractivity contribution in [3.8, 4) is 0 Å². The lowest BCUT2D eigenvalue weighted by atomic mass is 9.75. The van der Waals surface area contributed by atoms with Crippen LogP contribution in [0.25, 0.3) is 0 Å². The molecule has 0 aliphatic carbocycles. The maximum absolute atomic E-state index is 13.4. The predicted molar refractivity (Wildman–Crippen MR) is 137 cm³/mol. The van der Waals surface area contributed by atoms with Gasteiger partial charge in [0.15, 0.2) is 5.78 Å². The largest absolute Gasteiger partial charge is 0.381 e. The zero-order valence-electron chi connectivity index (χ0n) is 20.9. The van der Waals surface area contributed by atoms with Crippen LogP contribution in [-0.4, -0.2) is 5.78 Å². The first-order valence-electron chi connectivity index (χ1n) is 11.5. The van der Waals surface area contributed by atoms with Crippen molar-refractivity contribution in [2.45, 2.75) is 72.8 Å². The zero-order valence-corrected chi connectivity index (χ0v) is 20.9. The van der Waals surface area contributed by atoms with E-state index >= 15 is 0 Å². The molecule has 0 spiro atoms. The summed E-state index contributed by atoms with van der Waals surface area (Å²) in [5, 5.41) is 3.44. The number of benzene rings is 3. The Bertz CT molecular complexity index is 1060. The van der Waals surface area contributed by atoms with Gasteiger partial charge in [-0.2, -0.15) is 0 Å². The molecule has 0 unspecified atom stereocenters. The lowest BCUT2D eigenvalue weighted by molar-refractivity contribution is 0.103. The predicted octanol–water partition coefficient (Wildman–Crippen LogP) is 7.74. The van der Waals surface area contributed by atoms with Crippen molar-refractivity contribution in [2.24, 2.45) is 0 Å². The first-order valence-corrected chi connectivity index (χ1v) is 11.5. The molecule has 1 N–H and O–H groups in total. The minimum Gasteiger partial charge on any atom is -0.381 e. The van der Waals surface area contributed by atoms with Crippen molar-refractivity contribution in [3.63, 3.8) is 0 Å². The molecule has 0 atom stereocenters. The van der Waals surface area contributed by atoms with Crippen LogP contribution in [0.2, 0.25) is 0 Å².